The second kappa shape index (κ2) is 7.69. The number of nitrogens with one attached hydrogen (secondary N) is 1. The highest BCUT2D eigenvalue weighted by Gasteiger charge is 2.13. The van der Waals surface area contributed by atoms with Gasteiger partial charge in [-0.3, -0.25) is 4.79 Å². The Morgan fingerprint density at radius 1 is 1.13 bits per heavy atom. The van der Waals surface area contributed by atoms with E-state index in [9.17, 15) is 4.79 Å². The normalized spacial score (nSPS) is 18.3. The lowest BCUT2D eigenvalue weighted by atomic mass is 10.1. The van der Waals surface area contributed by atoms with E-state index < -0.39 is 0 Å². The fourth-order valence-electron chi connectivity index (χ4n) is 2.07. The van der Waals surface area contributed by atoms with Gasteiger partial charge in [0, 0.05) is 19.5 Å². The Morgan fingerprint density at radius 2 is 1.73 bits per heavy atom. The van der Waals surface area contributed by atoms with Gasteiger partial charge in [-0.15, -0.1) is 0 Å². The fourth-order valence-corrected chi connectivity index (χ4v) is 2.07. The lowest BCUT2D eigenvalue weighted by Crippen LogP contribution is -2.34. The molecule has 3 heteroatoms. The summed E-state index contributed by atoms with van der Waals surface area (Å²) in [5.41, 5.74) is 0. The van der Waals surface area contributed by atoms with Crippen LogP contribution in [0.25, 0.3) is 0 Å². The van der Waals surface area contributed by atoms with Crippen molar-refractivity contribution in [2.24, 2.45) is 0 Å². The largest absolute Gasteiger partial charge is 0.343 e. The van der Waals surface area contributed by atoms with Crippen LogP contribution in [-0.4, -0.2) is 37.5 Å². The molecular formula is C12H24N2O. The molecule has 88 valence electrons. The van der Waals surface area contributed by atoms with Crippen molar-refractivity contribution in [2.45, 2.75) is 44.9 Å². The molecule has 1 amide bonds. The van der Waals surface area contributed by atoms with E-state index >= 15 is 0 Å². The molecule has 0 aromatic rings. The third-order valence-corrected chi connectivity index (χ3v) is 3.03. The molecule has 0 aromatic heterocycles. The monoisotopic (exact) mass is 212 g/mol. The Labute approximate surface area is 93.2 Å². The zero-order valence-corrected chi connectivity index (χ0v) is 9.93. The number of nitrogens with zero attached hydrogens (tertiary/aromatic N) is 1. The smallest absolute Gasteiger partial charge is 0.222 e. The Balaban J connectivity index is 2.22. The number of carbonyl (C=O) groups is 1. The van der Waals surface area contributed by atoms with E-state index in [1.807, 2.05) is 7.05 Å². The molecule has 0 unspecified atom stereocenters. The maximum absolute atomic E-state index is 11.8. The predicted octanol–water partition coefficient (Wildman–Crippen LogP) is 1.78. The molecule has 1 saturated heterocycles. The first kappa shape index (κ1) is 12.5. The van der Waals surface area contributed by atoms with Crippen LogP contribution in [0, 0.1) is 0 Å². The van der Waals surface area contributed by atoms with Crippen LogP contribution in [0.15, 0.2) is 0 Å². The third kappa shape index (κ3) is 5.17. The second-order valence-electron chi connectivity index (χ2n) is 4.36. The van der Waals surface area contributed by atoms with E-state index in [-0.39, 0.29) is 0 Å². The lowest BCUT2D eigenvalue weighted by molar-refractivity contribution is -0.131. The van der Waals surface area contributed by atoms with Crippen molar-refractivity contribution >= 4 is 5.91 Å². The van der Waals surface area contributed by atoms with Gasteiger partial charge in [0.25, 0.3) is 0 Å². The molecule has 0 spiro atoms. The van der Waals surface area contributed by atoms with Gasteiger partial charge in [0.05, 0.1) is 0 Å². The summed E-state index contributed by atoms with van der Waals surface area (Å²) < 4.78 is 0. The Hall–Kier alpha value is -0.570. The number of likely N-dealkylation sites (tertiary alicyclic amines) is 1. The molecular weight excluding hydrogens is 188 g/mol. The average molecular weight is 212 g/mol. The molecule has 15 heavy (non-hydrogen) atoms. The quantitative estimate of drug-likeness (QED) is 0.720. The summed E-state index contributed by atoms with van der Waals surface area (Å²) >= 11 is 0. The number of rotatable bonds is 4. The van der Waals surface area contributed by atoms with Gasteiger partial charge < -0.3 is 10.2 Å². The summed E-state index contributed by atoms with van der Waals surface area (Å²) in [5.74, 6) is 0.354. The molecule has 0 saturated carbocycles. The SMILES string of the molecule is CNCCCC(=O)N1CCCCCCC1. The van der Waals surface area contributed by atoms with Crippen LogP contribution in [0.1, 0.15) is 44.9 Å². The van der Waals surface area contributed by atoms with E-state index in [1.54, 1.807) is 0 Å². The van der Waals surface area contributed by atoms with Crippen molar-refractivity contribution in [1.29, 1.82) is 0 Å². The minimum absolute atomic E-state index is 0.354. The second-order valence-corrected chi connectivity index (χ2v) is 4.36. The van der Waals surface area contributed by atoms with Crippen molar-refractivity contribution in [3.8, 4) is 0 Å². The molecule has 0 bridgehead atoms. The van der Waals surface area contributed by atoms with Crippen molar-refractivity contribution < 1.29 is 4.79 Å². The molecule has 1 N–H and O–H groups in total. The predicted molar refractivity (Wildman–Crippen MR) is 62.8 cm³/mol. The molecule has 0 aliphatic carbocycles. The first-order chi connectivity index (χ1) is 7.34. The molecule has 3 nitrogen and oxygen atoms in total. The fraction of sp³-hybridized carbons (Fsp3) is 0.917. The Kier molecular flexibility index (Phi) is 6.41. The van der Waals surface area contributed by atoms with Crippen LogP contribution in [0.3, 0.4) is 0 Å². The first-order valence-corrected chi connectivity index (χ1v) is 6.27. The van der Waals surface area contributed by atoms with Crippen LogP contribution in [-0.2, 0) is 4.79 Å². The Morgan fingerprint density at radius 3 is 2.33 bits per heavy atom. The molecule has 1 heterocycles. The van der Waals surface area contributed by atoms with Gasteiger partial charge in [-0.1, -0.05) is 19.3 Å². The highest BCUT2D eigenvalue weighted by atomic mass is 16.2. The van der Waals surface area contributed by atoms with Crippen LogP contribution in [0.2, 0.25) is 0 Å². The van der Waals surface area contributed by atoms with Crippen LogP contribution >= 0.6 is 0 Å². The van der Waals surface area contributed by atoms with Crippen molar-refractivity contribution in [1.82, 2.24) is 10.2 Å². The van der Waals surface area contributed by atoms with Gasteiger partial charge >= 0.3 is 0 Å². The summed E-state index contributed by atoms with van der Waals surface area (Å²) in [4.78, 5) is 13.9. The van der Waals surface area contributed by atoms with E-state index in [0.29, 0.717) is 12.3 Å². The molecule has 1 aliphatic rings. The zero-order valence-electron chi connectivity index (χ0n) is 9.93. The van der Waals surface area contributed by atoms with Gasteiger partial charge in [-0.05, 0) is 32.9 Å². The van der Waals surface area contributed by atoms with E-state index in [1.165, 1.54) is 32.1 Å². The van der Waals surface area contributed by atoms with Gasteiger partial charge in [0.2, 0.25) is 5.91 Å². The standard InChI is InChI=1S/C12H24N2O/c1-13-9-7-8-12(15)14-10-5-3-2-4-6-11-14/h13H,2-11H2,1H3. The zero-order chi connectivity index (χ0) is 10.9. The lowest BCUT2D eigenvalue weighted by Gasteiger charge is -2.24. The third-order valence-electron chi connectivity index (χ3n) is 3.03. The highest BCUT2D eigenvalue weighted by Crippen LogP contribution is 2.11. The van der Waals surface area contributed by atoms with Crippen LogP contribution < -0.4 is 5.32 Å². The van der Waals surface area contributed by atoms with Crippen LogP contribution in [0.4, 0.5) is 0 Å². The Bertz CT molecular complexity index is 174. The molecule has 1 rings (SSSR count). The number of hydrogen-bond donors (Lipinski definition) is 1. The summed E-state index contributed by atoms with van der Waals surface area (Å²) in [5, 5.41) is 3.08. The number of carbonyl (C=O) groups excluding carboxylic acids is 1. The molecule has 0 aromatic carbocycles. The van der Waals surface area contributed by atoms with E-state index in [4.69, 9.17) is 0 Å². The topological polar surface area (TPSA) is 32.3 Å². The maximum Gasteiger partial charge on any atom is 0.222 e. The van der Waals surface area contributed by atoms with Crippen molar-refractivity contribution in [3.63, 3.8) is 0 Å². The first-order valence-electron chi connectivity index (χ1n) is 6.27. The minimum atomic E-state index is 0.354. The van der Waals surface area contributed by atoms with Crippen molar-refractivity contribution in [3.05, 3.63) is 0 Å². The summed E-state index contributed by atoms with van der Waals surface area (Å²) in [7, 11) is 1.93. The molecule has 1 fully saturated rings. The molecule has 0 radical (unpaired) electrons. The van der Waals surface area contributed by atoms with Gasteiger partial charge in [0.1, 0.15) is 0 Å². The average Bonchev–Trinajstić information content (AvgIpc) is 2.17. The van der Waals surface area contributed by atoms with Gasteiger partial charge in [0.15, 0.2) is 0 Å². The molecule has 0 atom stereocenters. The molecule has 1 aliphatic heterocycles. The summed E-state index contributed by atoms with van der Waals surface area (Å²) in [6, 6.07) is 0. The van der Waals surface area contributed by atoms with Gasteiger partial charge in [-0.25, -0.2) is 0 Å². The highest BCUT2D eigenvalue weighted by molar-refractivity contribution is 5.76. The van der Waals surface area contributed by atoms with Gasteiger partial charge in [-0.2, -0.15) is 0 Å². The maximum atomic E-state index is 11.8. The summed E-state index contributed by atoms with van der Waals surface area (Å²) in [6.07, 6.45) is 7.99. The number of amides is 1. The summed E-state index contributed by atoms with van der Waals surface area (Å²) in [6.45, 7) is 2.91. The van der Waals surface area contributed by atoms with E-state index in [0.717, 1.165) is 26.1 Å². The minimum Gasteiger partial charge on any atom is -0.343 e. The number of hydrogen-bond acceptors (Lipinski definition) is 2. The van der Waals surface area contributed by atoms with Crippen LogP contribution in [0.5, 0.6) is 0 Å². The van der Waals surface area contributed by atoms with Crippen molar-refractivity contribution in [2.75, 3.05) is 26.7 Å². The van der Waals surface area contributed by atoms with E-state index in [2.05, 4.69) is 10.2 Å².